The number of aromatic nitrogens is 3. The number of ketones is 1. The van der Waals surface area contributed by atoms with Crippen molar-refractivity contribution in [3.8, 4) is 22.6 Å². The molecule has 1 aliphatic heterocycles. The molecule has 0 radical (unpaired) electrons. The van der Waals surface area contributed by atoms with E-state index in [1.165, 1.54) is 6.07 Å². The highest BCUT2D eigenvalue weighted by atomic mass is 19.1. The number of rotatable bonds is 3. The predicted octanol–water partition coefficient (Wildman–Crippen LogP) is 3.51. The summed E-state index contributed by atoms with van der Waals surface area (Å²) in [6.07, 6.45) is 4.42. The largest absolute Gasteiger partial charge is 0.356 e. The van der Waals surface area contributed by atoms with Gasteiger partial charge in [0, 0.05) is 50.0 Å². The molecule has 4 rings (SSSR count). The summed E-state index contributed by atoms with van der Waals surface area (Å²) in [5, 5.41) is 0. The molecule has 0 amide bonds. The Hall–Kier alpha value is -3.15. The molecule has 3 aromatic rings. The Morgan fingerprint density at radius 2 is 1.81 bits per heavy atom. The zero-order chi connectivity index (χ0) is 17.9. The van der Waals surface area contributed by atoms with Gasteiger partial charge in [0.1, 0.15) is 17.4 Å². The zero-order valence-corrected chi connectivity index (χ0v) is 14.1. The maximum atomic E-state index is 14.3. The number of halogens is 1. The van der Waals surface area contributed by atoms with Gasteiger partial charge in [-0.1, -0.05) is 12.1 Å². The second kappa shape index (κ2) is 7.00. The van der Waals surface area contributed by atoms with Gasteiger partial charge in [0.15, 0.2) is 5.82 Å². The number of anilines is 1. The van der Waals surface area contributed by atoms with E-state index in [2.05, 4.69) is 15.0 Å². The average Bonchev–Trinajstić information content (AvgIpc) is 2.69. The number of benzene rings is 1. The maximum Gasteiger partial charge on any atom is 0.165 e. The van der Waals surface area contributed by atoms with Crippen LogP contribution in [-0.4, -0.2) is 33.8 Å². The first-order valence-electron chi connectivity index (χ1n) is 8.52. The molecule has 6 heteroatoms. The average molecular weight is 348 g/mol. The lowest BCUT2D eigenvalue weighted by Gasteiger charge is -2.27. The molecule has 5 nitrogen and oxygen atoms in total. The molecule has 2 aromatic heterocycles. The molecule has 0 aliphatic carbocycles. The van der Waals surface area contributed by atoms with Crippen molar-refractivity contribution in [1.82, 2.24) is 15.0 Å². The van der Waals surface area contributed by atoms with Crippen molar-refractivity contribution in [2.75, 3.05) is 18.0 Å². The van der Waals surface area contributed by atoms with Gasteiger partial charge in [-0.05, 0) is 24.3 Å². The molecule has 3 heterocycles. The second-order valence-electron chi connectivity index (χ2n) is 6.18. The highest BCUT2D eigenvalue weighted by Crippen LogP contribution is 2.28. The minimum atomic E-state index is -0.365. The third-order valence-electron chi connectivity index (χ3n) is 4.43. The van der Waals surface area contributed by atoms with E-state index in [0.29, 0.717) is 48.8 Å². The van der Waals surface area contributed by atoms with Crippen molar-refractivity contribution in [3.05, 3.63) is 60.7 Å². The van der Waals surface area contributed by atoms with E-state index in [4.69, 9.17) is 0 Å². The SMILES string of the molecule is O=C1CCN(c2cc(-c3cccnc3)nc(-c3ccccc3F)n2)CC1. The van der Waals surface area contributed by atoms with Crippen LogP contribution in [0.3, 0.4) is 0 Å². The summed E-state index contributed by atoms with van der Waals surface area (Å²) in [7, 11) is 0. The molecule has 1 aromatic carbocycles. The molecule has 0 bridgehead atoms. The van der Waals surface area contributed by atoms with Crippen LogP contribution in [0.25, 0.3) is 22.6 Å². The van der Waals surface area contributed by atoms with Gasteiger partial charge in [-0.2, -0.15) is 0 Å². The van der Waals surface area contributed by atoms with Crippen LogP contribution in [0.15, 0.2) is 54.9 Å². The molecule has 1 aliphatic rings. The summed E-state index contributed by atoms with van der Waals surface area (Å²) in [5.74, 6) is 0.925. The van der Waals surface area contributed by atoms with E-state index in [1.807, 2.05) is 23.1 Å². The summed E-state index contributed by atoms with van der Waals surface area (Å²) in [6.45, 7) is 1.22. The normalized spacial score (nSPS) is 14.5. The topological polar surface area (TPSA) is 59.0 Å². The summed E-state index contributed by atoms with van der Waals surface area (Å²) < 4.78 is 14.3. The Balaban J connectivity index is 1.82. The molecule has 130 valence electrons. The lowest BCUT2D eigenvalue weighted by Crippen LogP contribution is -2.34. The van der Waals surface area contributed by atoms with Crippen molar-refractivity contribution >= 4 is 11.6 Å². The molecule has 0 saturated carbocycles. The van der Waals surface area contributed by atoms with Crippen LogP contribution >= 0.6 is 0 Å². The van der Waals surface area contributed by atoms with Crippen LogP contribution in [-0.2, 0) is 4.79 Å². The van der Waals surface area contributed by atoms with Crippen LogP contribution in [0.5, 0.6) is 0 Å². The summed E-state index contributed by atoms with van der Waals surface area (Å²) >= 11 is 0. The Morgan fingerprint density at radius 3 is 2.54 bits per heavy atom. The molecule has 26 heavy (non-hydrogen) atoms. The second-order valence-corrected chi connectivity index (χ2v) is 6.18. The number of nitrogens with zero attached hydrogens (tertiary/aromatic N) is 4. The van der Waals surface area contributed by atoms with Crippen molar-refractivity contribution in [1.29, 1.82) is 0 Å². The molecule has 0 spiro atoms. The minimum Gasteiger partial charge on any atom is -0.356 e. The number of hydrogen-bond donors (Lipinski definition) is 0. The summed E-state index contributed by atoms with van der Waals surface area (Å²) in [6, 6.07) is 12.1. The Morgan fingerprint density at radius 1 is 1.00 bits per heavy atom. The van der Waals surface area contributed by atoms with Crippen LogP contribution in [0.4, 0.5) is 10.2 Å². The van der Waals surface area contributed by atoms with E-state index in [9.17, 15) is 9.18 Å². The number of pyridine rings is 1. The van der Waals surface area contributed by atoms with Crippen molar-refractivity contribution in [2.24, 2.45) is 0 Å². The van der Waals surface area contributed by atoms with Crippen LogP contribution < -0.4 is 4.90 Å². The number of carbonyl (C=O) groups excluding carboxylic acids is 1. The number of Topliss-reactive ketones (excluding diaryl/α,β-unsaturated/α-hetero) is 1. The monoisotopic (exact) mass is 348 g/mol. The van der Waals surface area contributed by atoms with Crippen LogP contribution in [0.1, 0.15) is 12.8 Å². The summed E-state index contributed by atoms with van der Waals surface area (Å²) in [5.41, 5.74) is 1.87. The highest BCUT2D eigenvalue weighted by Gasteiger charge is 2.20. The van der Waals surface area contributed by atoms with Crippen molar-refractivity contribution in [2.45, 2.75) is 12.8 Å². The van der Waals surface area contributed by atoms with Crippen LogP contribution in [0, 0.1) is 5.82 Å². The van der Waals surface area contributed by atoms with Gasteiger partial charge >= 0.3 is 0 Å². The Labute approximate surface area is 150 Å². The van der Waals surface area contributed by atoms with E-state index >= 15 is 0 Å². The fourth-order valence-electron chi connectivity index (χ4n) is 3.01. The Bertz CT molecular complexity index is 936. The first kappa shape index (κ1) is 16.3. The van der Waals surface area contributed by atoms with Gasteiger partial charge in [0.2, 0.25) is 0 Å². The molecule has 0 unspecified atom stereocenters. The number of hydrogen-bond acceptors (Lipinski definition) is 5. The third kappa shape index (κ3) is 3.31. The first-order valence-corrected chi connectivity index (χ1v) is 8.52. The van der Waals surface area contributed by atoms with Crippen molar-refractivity contribution in [3.63, 3.8) is 0 Å². The predicted molar refractivity (Wildman–Crippen MR) is 97.1 cm³/mol. The highest BCUT2D eigenvalue weighted by molar-refractivity contribution is 5.81. The van der Waals surface area contributed by atoms with E-state index < -0.39 is 0 Å². The molecule has 1 fully saturated rings. The molecular formula is C20H17FN4O. The lowest BCUT2D eigenvalue weighted by molar-refractivity contribution is -0.119. The van der Waals surface area contributed by atoms with Gasteiger partial charge in [-0.3, -0.25) is 9.78 Å². The molecule has 0 N–H and O–H groups in total. The van der Waals surface area contributed by atoms with E-state index in [0.717, 1.165) is 5.56 Å². The number of carbonyl (C=O) groups is 1. The van der Waals surface area contributed by atoms with Gasteiger partial charge in [-0.25, -0.2) is 14.4 Å². The van der Waals surface area contributed by atoms with E-state index in [-0.39, 0.29) is 11.6 Å². The van der Waals surface area contributed by atoms with Gasteiger partial charge in [-0.15, -0.1) is 0 Å². The summed E-state index contributed by atoms with van der Waals surface area (Å²) in [4.78, 5) is 26.9. The van der Waals surface area contributed by atoms with Gasteiger partial charge < -0.3 is 4.90 Å². The van der Waals surface area contributed by atoms with Gasteiger partial charge in [0.05, 0.1) is 11.3 Å². The standard InChI is InChI=1S/C20H17FN4O/c21-17-6-2-1-5-16(17)20-23-18(14-4-3-9-22-13-14)12-19(24-20)25-10-7-15(26)8-11-25/h1-6,9,12-13H,7-8,10-11H2. The number of piperidine rings is 1. The third-order valence-corrected chi connectivity index (χ3v) is 4.43. The van der Waals surface area contributed by atoms with Crippen LogP contribution in [0.2, 0.25) is 0 Å². The quantitative estimate of drug-likeness (QED) is 0.725. The van der Waals surface area contributed by atoms with E-state index in [1.54, 1.807) is 30.6 Å². The first-order chi connectivity index (χ1) is 12.7. The fourth-order valence-corrected chi connectivity index (χ4v) is 3.01. The Kier molecular flexibility index (Phi) is 4.39. The molecular weight excluding hydrogens is 331 g/mol. The van der Waals surface area contributed by atoms with Crippen molar-refractivity contribution < 1.29 is 9.18 Å². The molecule has 1 saturated heterocycles. The fraction of sp³-hybridized carbons (Fsp3) is 0.200. The molecule has 0 atom stereocenters. The lowest BCUT2D eigenvalue weighted by atomic mass is 10.1. The maximum absolute atomic E-state index is 14.3. The van der Waals surface area contributed by atoms with Gasteiger partial charge in [0.25, 0.3) is 0 Å². The smallest absolute Gasteiger partial charge is 0.165 e. The minimum absolute atomic E-state index is 0.261. The zero-order valence-electron chi connectivity index (χ0n) is 14.1.